The number of imidazole rings is 1. The van der Waals surface area contributed by atoms with Gasteiger partial charge in [0.2, 0.25) is 5.28 Å². The van der Waals surface area contributed by atoms with Crippen molar-refractivity contribution in [3.8, 4) is 6.01 Å². The third-order valence-corrected chi connectivity index (χ3v) is 3.35. The highest BCUT2D eigenvalue weighted by Gasteiger charge is 2.16. The Labute approximate surface area is 137 Å². The fourth-order valence-electron chi connectivity index (χ4n) is 2.11. The molecule has 8 nitrogen and oxygen atoms in total. The van der Waals surface area contributed by atoms with Gasteiger partial charge in [-0.05, 0) is 24.1 Å². The lowest BCUT2D eigenvalue weighted by Crippen LogP contribution is -2.06. The molecule has 3 aromatic rings. The second-order valence-electron chi connectivity index (χ2n) is 4.87. The third kappa shape index (κ3) is 3.31. The molecule has 0 aliphatic heterocycles. The maximum Gasteiger partial charge on any atom is 0.298 e. The summed E-state index contributed by atoms with van der Waals surface area (Å²) in [5.41, 5.74) is 2.06. The molecule has 120 valence electrons. The highest BCUT2D eigenvalue weighted by molar-refractivity contribution is 6.28. The van der Waals surface area contributed by atoms with Crippen molar-refractivity contribution in [2.45, 2.75) is 19.9 Å². The van der Waals surface area contributed by atoms with Gasteiger partial charge in [0.05, 0.1) is 18.8 Å². The Balaban J connectivity index is 1.93. The Kier molecular flexibility index (Phi) is 4.52. The first-order valence-corrected chi connectivity index (χ1v) is 7.58. The van der Waals surface area contributed by atoms with E-state index in [0.717, 1.165) is 17.6 Å². The van der Waals surface area contributed by atoms with E-state index in [2.05, 4.69) is 30.2 Å². The molecule has 1 N–H and O–H groups in total. The van der Waals surface area contributed by atoms with Crippen molar-refractivity contribution in [3.63, 3.8) is 0 Å². The zero-order chi connectivity index (χ0) is 16.2. The van der Waals surface area contributed by atoms with Gasteiger partial charge in [0, 0.05) is 13.2 Å². The number of aromatic nitrogens is 6. The fraction of sp³-hybridized carbons (Fsp3) is 0.357. The molecule has 0 spiro atoms. The Morgan fingerprint density at radius 3 is 2.91 bits per heavy atom. The molecule has 0 aliphatic carbocycles. The molecule has 23 heavy (non-hydrogen) atoms. The van der Waals surface area contributed by atoms with Gasteiger partial charge in [-0.2, -0.15) is 15.0 Å². The minimum Gasteiger partial charge on any atom is -0.465 e. The first kappa shape index (κ1) is 15.4. The number of ether oxygens (including phenoxy) is 1. The molecular weight excluding hydrogens is 318 g/mol. The molecule has 0 atom stereocenters. The van der Waals surface area contributed by atoms with Gasteiger partial charge >= 0.3 is 0 Å². The summed E-state index contributed by atoms with van der Waals surface area (Å²) in [7, 11) is 1.85. The zero-order valence-electron chi connectivity index (χ0n) is 12.8. The monoisotopic (exact) mass is 333 g/mol. The highest BCUT2D eigenvalue weighted by Crippen LogP contribution is 2.26. The van der Waals surface area contributed by atoms with Gasteiger partial charge in [-0.25, -0.2) is 9.97 Å². The van der Waals surface area contributed by atoms with E-state index in [-0.39, 0.29) is 5.28 Å². The van der Waals surface area contributed by atoms with Crippen molar-refractivity contribution in [2.24, 2.45) is 7.05 Å². The van der Waals surface area contributed by atoms with E-state index in [1.807, 2.05) is 24.6 Å². The van der Waals surface area contributed by atoms with E-state index in [1.165, 1.54) is 6.33 Å². The van der Waals surface area contributed by atoms with Crippen molar-refractivity contribution in [2.75, 3.05) is 11.9 Å². The SMILES string of the molecule is CCCOc1nc2nc(Cl)nc(NCc3ccncn3)c2n1C. The molecule has 9 heteroatoms. The number of fused-ring (bicyclic) bond motifs is 1. The average Bonchev–Trinajstić information content (AvgIpc) is 2.87. The number of hydrogen-bond donors (Lipinski definition) is 1. The van der Waals surface area contributed by atoms with Gasteiger partial charge in [-0.3, -0.25) is 4.57 Å². The predicted octanol–water partition coefficient (Wildman–Crippen LogP) is 2.21. The molecule has 0 saturated carbocycles. The molecule has 3 rings (SSSR count). The van der Waals surface area contributed by atoms with Crippen LogP contribution in [0, 0.1) is 0 Å². The van der Waals surface area contributed by atoms with Gasteiger partial charge in [-0.1, -0.05) is 6.92 Å². The van der Waals surface area contributed by atoms with Crippen LogP contribution in [0.5, 0.6) is 6.01 Å². The van der Waals surface area contributed by atoms with E-state index in [0.29, 0.717) is 30.6 Å². The minimum absolute atomic E-state index is 0.128. The van der Waals surface area contributed by atoms with Crippen molar-refractivity contribution in [1.82, 2.24) is 29.5 Å². The summed E-state index contributed by atoms with van der Waals surface area (Å²) in [6.07, 6.45) is 4.09. The summed E-state index contributed by atoms with van der Waals surface area (Å²) < 4.78 is 7.43. The Hall–Kier alpha value is -2.48. The molecule has 0 aliphatic rings. The lowest BCUT2D eigenvalue weighted by molar-refractivity contribution is 0.284. The molecule has 3 heterocycles. The Morgan fingerprint density at radius 2 is 2.17 bits per heavy atom. The first-order chi connectivity index (χ1) is 11.2. The summed E-state index contributed by atoms with van der Waals surface area (Å²) in [6, 6.07) is 2.31. The summed E-state index contributed by atoms with van der Waals surface area (Å²) in [5.74, 6) is 0.583. The van der Waals surface area contributed by atoms with Gasteiger partial charge in [-0.15, -0.1) is 0 Å². The lowest BCUT2D eigenvalue weighted by atomic mass is 10.4. The van der Waals surface area contributed by atoms with Crippen LogP contribution < -0.4 is 10.1 Å². The van der Waals surface area contributed by atoms with Crippen molar-refractivity contribution in [3.05, 3.63) is 29.6 Å². The Morgan fingerprint density at radius 1 is 1.30 bits per heavy atom. The van der Waals surface area contributed by atoms with Gasteiger partial charge < -0.3 is 10.1 Å². The molecule has 0 amide bonds. The van der Waals surface area contributed by atoms with Crippen LogP contribution in [0.2, 0.25) is 5.28 Å². The molecule has 0 radical (unpaired) electrons. The van der Waals surface area contributed by atoms with E-state index in [1.54, 1.807) is 6.20 Å². The molecule has 0 bridgehead atoms. The second kappa shape index (κ2) is 6.74. The van der Waals surface area contributed by atoms with Gasteiger partial charge in [0.1, 0.15) is 11.8 Å². The van der Waals surface area contributed by atoms with Crippen molar-refractivity contribution in [1.29, 1.82) is 0 Å². The van der Waals surface area contributed by atoms with Crippen LogP contribution in [0.4, 0.5) is 5.82 Å². The van der Waals surface area contributed by atoms with Crippen LogP contribution in [0.15, 0.2) is 18.6 Å². The fourth-order valence-corrected chi connectivity index (χ4v) is 2.27. The average molecular weight is 334 g/mol. The number of nitrogens with zero attached hydrogens (tertiary/aromatic N) is 6. The van der Waals surface area contributed by atoms with E-state index < -0.39 is 0 Å². The molecule has 0 saturated heterocycles. The number of hydrogen-bond acceptors (Lipinski definition) is 7. The maximum absolute atomic E-state index is 5.99. The molecular formula is C14H16ClN7O. The van der Waals surface area contributed by atoms with Crippen LogP contribution in [0.25, 0.3) is 11.2 Å². The number of aryl methyl sites for hydroxylation is 1. The van der Waals surface area contributed by atoms with Gasteiger partial charge in [0.25, 0.3) is 6.01 Å². The standard InChI is InChI=1S/C14H16ClN7O/c1-3-6-23-14-21-12-10(22(14)2)11(19-13(15)20-12)17-7-9-4-5-16-8-18-9/h4-5,8H,3,6-7H2,1-2H3,(H,17,19,20). The van der Waals surface area contributed by atoms with Crippen LogP contribution in [-0.4, -0.2) is 36.1 Å². The zero-order valence-corrected chi connectivity index (χ0v) is 13.6. The topological polar surface area (TPSA) is 90.6 Å². The largest absolute Gasteiger partial charge is 0.465 e. The number of halogens is 1. The summed E-state index contributed by atoms with van der Waals surface area (Å²) in [4.78, 5) is 20.8. The third-order valence-electron chi connectivity index (χ3n) is 3.18. The van der Waals surface area contributed by atoms with E-state index >= 15 is 0 Å². The van der Waals surface area contributed by atoms with Gasteiger partial charge in [0.15, 0.2) is 11.5 Å². The minimum atomic E-state index is 0.128. The second-order valence-corrected chi connectivity index (χ2v) is 5.21. The van der Waals surface area contributed by atoms with Crippen LogP contribution >= 0.6 is 11.6 Å². The summed E-state index contributed by atoms with van der Waals surface area (Å²) in [5, 5.41) is 3.34. The smallest absolute Gasteiger partial charge is 0.298 e. The number of anilines is 1. The molecule has 0 fully saturated rings. The normalized spacial score (nSPS) is 10.9. The van der Waals surface area contributed by atoms with Crippen molar-refractivity contribution < 1.29 is 4.74 Å². The van der Waals surface area contributed by atoms with Crippen LogP contribution in [0.1, 0.15) is 19.0 Å². The van der Waals surface area contributed by atoms with Crippen LogP contribution in [0.3, 0.4) is 0 Å². The summed E-state index contributed by atoms with van der Waals surface area (Å²) >= 11 is 5.99. The predicted molar refractivity (Wildman–Crippen MR) is 86.5 cm³/mol. The first-order valence-electron chi connectivity index (χ1n) is 7.20. The Bertz CT molecular complexity index is 806. The van der Waals surface area contributed by atoms with E-state index in [9.17, 15) is 0 Å². The quantitative estimate of drug-likeness (QED) is 0.691. The molecule has 0 unspecified atom stereocenters. The maximum atomic E-state index is 5.99. The van der Waals surface area contributed by atoms with Crippen LogP contribution in [-0.2, 0) is 13.6 Å². The molecule has 3 aromatic heterocycles. The lowest BCUT2D eigenvalue weighted by Gasteiger charge is -2.08. The number of rotatable bonds is 6. The molecule has 0 aromatic carbocycles. The van der Waals surface area contributed by atoms with E-state index in [4.69, 9.17) is 16.3 Å². The highest BCUT2D eigenvalue weighted by atomic mass is 35.5. The van der Waals surface area contributed by atoms with Crippen molar-refractivity contribution >= 4 is 28.6 Å². The summed E-state index contributed by atoms with van der Waals surface area (Å²) in [6.45, 7) is 3.11. The number of nitrogens with one attached hydrogen (secondary N) is 1.